The summed E-state index contributed by atoms with van der Waals surface area (Å²) in [7, 11) is 0. The van der Waals surface area contributed by atoms with Gasteiger partial charge in [0, 0.05) is 41.2 Å². The normalized spacial score (nSPS) is 15.4. The molecule has 0 saturated carbocycles. The second kappa shape index (κ2) is 7.35. The molecule has 0 aliphatic carbocycles. The van der Waals surface area contributed by atoms with Crippen LogP contribution < -0.4 is 14.8 Å². The van der Waals surface area contributed by atoms with Crippen molar-refractivity contribution >= 4 is 16.8 Å². The van der Waals surface area contributed by atoms with Crippen LogP contribution in [0.2, 0.25) is 0 Å². The van der Waals surface area contributed by atoms with Crippen LogP contribution in [0.15, 0.2) is 42.6 Å². The third-order valence-corrected chi connectivity index (χ3v) is 4.88. The summed E-state index contributed by atoms with van der Waals surface area (Å²) in [6.45, 7) is 5.03. The Kier molecular flexibility index (Phi) is 4.75. The second-order valence-electron chi connectivity index (χ2n) is 6.95. The number of rotatable bonds is 6. The first-order valence-electron chi connectivity index (χ1n) is 9.41. The standard InChI is InChI=1S/C22H24N2O3/c1-3-26-20-9-15-8-14(2)27-21(15)10-17(20)13-24-22(25)11-16-12-23-19-7-5-4-6-18(16)19/h4-7,9-10,12,14,23H,3,8,11,13H2,1-2H3,(H,24,25)/t14-/m0/s1. The zero-order valence-electron chi connectivity index (χ0n) is 15.7. The smallest absolute Gasteiger partial charge is 0.224 e. The molecule has 1 aliphatic heterocycles. The number of amides is 1. The lowest BCUT2D eigenvalue weighted by Gasteiger charge is -2.13. The van der Waals surface area contributed by atoms with Gasteiger partial charge in [-0.2, -0.15) is 0 Å². The molecular weight excluding hydrogens is 340 g/mol. The minimum absolute atomic E-state index is 0.0167. The summed E-state index contributed by atoms with van der Waals surface area (Å²) in [5.74, 6) is 1.70. The van der Waals surface area contributed by atoms with E-state index in [1.807, 2.05) is 49.5 Å². The van der Waals surface area contributed by atoms with E-state index in [0.717, 1.165) is 39.9 Å². The molecule has 2 heterocycles. The van der Waals surface area contributed by atoms with E-state index in [-0.39, 0.29) is 12.0 Å². The van der Waals surface area contributed by atoms with E-state index < -0.39 is 0 Å². The van der Waals surface area contributed by atoms with Crippen LogP contribution in [0.25, 0.3) is 10.9 Å². The van der Waals surface area contributed by atoms with Crippen molar-refractivity contribution in [3.05, 3.63) is 59.3 Å². The van der Waals surface area contributed by atoms with Crippen LogP contribution in [0.4, 0.5) is 0 Å². The SMILES string of the molecule is CCOc1cc2c(cc1CNC(=O)Cc1c[nH]c3ccccc13)O[C@@H](C)C2. The van der Waals surface area contributed by atoms with E-state index in [0.29, 0.717) is 19.6 Å². The van der Waals surface area contributed by atoms with Crippen LogP contribution in [-0.2, 0) is 24.2 Å². The molecule has 0 bridgehead atoms. The lowest BCUT2D eigenvalue weighted by molar-refractivity contribution is -0.120. The van der Waals surface area contributed by atoms with E-state index in [1.54, 1.807) is 0 Å². The molecule has 2 N–H and O–H groups in total. The lowest BCUT2D eigenvalue weighted by atomic mass is 10.1. The molecule has 27 heavy (non-hydrogen) atoms. The van der Waals surface area contributed by atoms with Crippen LogP contribution in [-0.4, -0.2) is 23.6 Å². The van der Waals surface area contributed by atoms with Crippen molar-refractivity contribution in [3.63, 3.8) is 0 Å². The van der Waals surface area contributed by atoms with E-state index >= 15 is 0 Å². The zero-order chi connectivity index (χ0) is 18.8. The number of aromatic nitrogens is 1. The summed E-state index contributed by atoms with van der Waals surface area (Å²) in [5, 5.41) is 4.10. The molecule has 0 fully saturated rings. The van der Waals surface area contributed by atoms with Crippen LogP contribution in [0.1, 0.15) is 30.5 Å². The monoisotopic (exact) mass is 364 g/mol. The van der Waals surface area contributed by atoms with Gasteiger partial charge < -0.3 is 19.8 Å². The number of para-hydroxylation sites is 1. The number of hydrogen-bond acceptors (Lipinski definition) is 3. The number of benzene rings is 2. The summed E-state index contributed by atoms with van der Waals surface area (Å²) in [6.07, 6.45) is 3.32. The largest absolute Gasteiger partial charge is 0.494 e. The highest BCUT2D eigenvalue weighted by atomic mass is 16.5. The van der Waals surface area contributed by atoms with Gasteiger partial charge in [0.2, 0.25) is 5.91 Å². The predicted octanol–water partition coefficient (Wildman–Crippen LogP) is 3.75. The maximum Gasteiger partial charge on any atom is 0.224 e. The lowest BCUT2D eigenvalue weighted by Crippen LogP contribution is -2.24. The molecule has 5 nitrogen and oxygen atoms in total. The first-order chi connectivity index (χ1) is 13.1. The van der Waals surface area contributed by atoms with Crippen molar-refractivity contribution in [1.29, 1.82) is 0 Å². The minimum Gasteiger partial charge on any atom is -0.494 e. The van der Waals surface area contributed by atoms with Gasteiger partial charge in [-0.15, -0.1) is 0 Å². The van der Waals surface area contributed by atoms with Crippen molar-refractivity contribution < 1.29 is 14.3 Å². The van der Waals surface area contributed by atoms with Gasteiger partial charge in [-0.05, 0) is 37.6 Å². The van der Waals surface area contributed by atoms with Gasteiger partial charge in [-0.1, -0.05) is 18.2 Å². The van der Waals surface area contributed by atoms with Gasteiger partial charge in [0.1, 0.15) is 17.6 Å². The Balaban J connectivity index is 1.46. The summed E-state index contributed by atoms with van der Waals surface area (Å²) in [6, 6.07) is 12.0. The number of carbonyl (C=O) groups excluding carboxylic acids is 1. The van der Waals surface area contributed by atoms with Gasteiger partial charge in [0.15, 0.2) is 0 Å². The van der Waals surface area contributed by atoms with Crippen LogP contribution >= 0.6 is 0 Å². The van der Waals surface area contributed by atoms with Gasteiger partial charge in [-0.25, -0.2) is 0 Å². The second-order valence-corrected chi connectivity index (χ2v) is 6.95. The molecule has 1 aromatic heterocycles. The maximum atomic E-state index is 12.5. The summed E-state index contributed by atoms with van der Waals surface area (Å²) < 4.78 is 11.6. The molecule has 0 radical (unpaired) electrons. The van der Waals surface area contributed by atoms with E-state index in [2.05, 4.69) is 17.2 Å². The molecule has 3 aromatic rings. The highest BCUT2D eigenvalue weighted by molar-refractivity contribution is 5.88. The van der Waals surface area contributed by atoms with Gasteiger partial charge in [0.25, 0.3) is 0 Å². The van der Waals surface area contributed by atoms with E-state index in [4.69, 9.17) is 9.47 Å². The van der Waals surface area contributed by atoms with Crippen LogP contribution in [0.3, 0.4) is 0 Å². The number of nitrogens with one attached hydrogen (secondary N) is 2. The molecule has 5 heteroatoms. The average Bonchev–Trinajstić information content (AvgIpc) is 3.22. The molecule has 140 valence electrons. The maximum absolute atomic E-state index is 12.5. The summed E-state index contributed by atoms with van der Waals surface area (Å²) >= 11 is 0. The van der Waals surface area contributed by atoms with Crippen molar-refractivity contribution in [2.75, 3.05) is 6.61 Å². The number of ether oxygens (including phenoxy) is 2. The molecule has 1 atom stereocenters. The molecule has 4 rings (SSSR count). The zero-order valence-corrected chi connectivity index (χ0v) is 15.7. The molecule has 0 saturated heterocycles. The van der Waals surface area contributed by atoms with Crippen molar-refractivity contribution in [2.24, 2.45) is 0 Å². The Labute approximate surface area is 158 Å². The fourth-order valence-corrected chi connectivity index (χ4v) is 3.62. The Morgan fingerprint density at radius 1 is 1.30 bits per heavy atom. The van der Waals surface area contributed by atoms with Gasteiger partial charge in [-0.3, -0.25) is 4.79 Å². The van der Waals surface area contributed by atoms with Crippen LogP contribution in [0, 0.1) is 0 Å². The predicted molar refractivity (Wildman–Crippen MR) is 105 cm³/mol. The highest BCUT2D eigenvalue weighted by Crippen LogP contribution is 2.35. The number of carbonyl (C=O) groups is 1. The Hall–Kier alpha value is -2.95. The molecule has 0 spiro atoms. The topological polar surface area (TPSA) is 63.3 Å². The van der Waals surface area contributed by atoms with E-state index in [1.165, 1.54) is 5.56 Å². The van der Waals surface area contributed by atoms with E-state index in [9.17, 15) is 4.79 Å². The van der Waals surface area contributed by atoms with Crippen LogP contribution in [0.5, 0.6) is 11.5 Å². The molecular formula is C22H24N2O3. The number of fused-ring (bicyclic) bond motifs is 2. The Morgan fingerprint density at radius 2 is 2.15 bits per heavy atom. The Bertz CT molecular complexity index is 977. The number of H-pyrrole nitrogens is 1. The fourth-order valence-electron chi connectivity index (χ4n) is 3.62. The van der Waals surface area contributed by atoms with Crippen molar-refractivity contribution in [2.45, 2.75) is 39.3 Å². The van der Waals surface area contributed by atoms with Crippen molar-refractivity contribution in [1.82, 2.24) is 10.3 Å². The first kappa shape index (κ1) is 17.5. The van der Waals surface area contributed by atoms with Crippen molar-refractivity contribution in [3.8, 4) is 11.5 Å². The third kappa shape index (κ3) is 3.63. The minimum atomic E-state index is -0.0167. The first-order valence-corrected chi connectivity index (χ1v) is 9.41. The highest BCUT2D eigenvalue weighted by Gasteiger charge is 2.22. The average molecular weight is 364 g/mol. The summed E-state index contributed by atoms with van der Waals surface area (Å²) in [4.78, 5) is 15.7. The van der Waals surface area contributed by atoms with Gasteiger partial charge >= 0.3 is 0 Å². The quantitative estimate of drug-likeness (QED) is 0.700. The van der Waals surface area contributed by atoms with Gasteiger partial charge in [0.05, 0.1) is 13.0 Å². The number of hydrogen-bond donors (Lipinski definition) is 2. The summed E-state index contributed by atoms with van der Waals surface area (Å²) in [5.41, 5.74) is 4.15. The number of aromatic amines is 1. The third-order valence-electron chi connectivity index (χ3n) is 4.88. The molecule has 1 amide bonds. The fraction of sp³-hybridized carbons (Fsp3) is 0.318. The molecule has 1 aliphatic rings. The molecule has 2 aromatic carbocycles. The Morgan fingerprint density at radius 3 is 3.00 bits per heavy atom. The molecule has 0 unspecified atom stereocenters.